The van der Waals surface area contributed by atoms with Gasteiger partial charge in [-0.3, -0.25) is 4.90 Å². The van der Waals surface area contributed by atoms with Crippen LogP contribution in [-0.4, -0.2) is 46.6 Å². The summed E-state index contributed by atoms with van der Waals surface area (Å²) >= 11 is 0. The molecule has 0 aromatic carbocycles. The highest BCUT2D eigenvalue weighted by molar-refractivity contribution is 5.80. The molecule has 0 saturated carbocycles. The third-order valence-electron chi connectivity index (χ3n) is 2.44. The quantitative estimate of drug-likeness (QED) is 0.679. The molecule has 2 N–H and O–H groups in total. The normalized spacial score (nSPS) is 31.9. The van der Waals surface area contributed by atoms with Crippen LogP contribution in [0.25, 0.3) is 0 Å². The van der Waals surface area contributed by atoms with Crippen molar-refractivity contribution in [2.45, 2.75) is 25.6 Å². The highest BCUT2D eigenvalue weighted by atomic mass is 16.5. The van der Waals surface area contributed by atoms with Crippen LogP contribution in [0.2, 0.25) is 0 Å². The van der Waals surface area contributed by atoms with Crippen LogP contribution in [0.3, 0.4) is 0 Å². The van der Waals surface area contributed by atoms with Crippen molar-refractivity contribution in [3.05, 3.63) is 0 Å². The lowest BCUT2D eigenvalue weighted by Gasteiger charge is -2.24. The van der Waals surface area contributed by atoms with E-state index in [-0.39, 0.29) is 5.92 Å². The zero-order valence-corrected chi connectivity index (χ0v) is 8.01. The fraction of sp³-hybridized carbons (Fsp3) is 0.750. The zero-order chi connectivity index (χ0) is 10.9. The average molecular weight is 203 g/mol. The van der Waals surface area contributed by atoms with Gasteiger partial charge in [0, 0.05) is 13.0 Å². The van der Waals surface area contributed by atoms with Crippen LogP contribution in [-0.2, 0) is 9.53 Å². The van der Waals surface area contributed by atoms with Gasteiger partial charge in [0.25, 0.3) is 0 Å². The highest BCUT2D eigenvalue weighted by Crippen LogP contribution is 2.30. The second kappa shape index (κ2) is 3.83. The average Bonchev–Trinajstić information content (AvgIpc) is 2.42. The zero-order valence-electron chi connectivity index (χ0n) is 8.01. The van der Waals surface area contributed by atoms with E-state index in [2.05, 4.69) is 0 Å². The lowest BCUT2D eigenvalue weighted by atomic mass is 10.1. The van der Waals surface area contributed by atoms with Gasteiger partial charge >= 0.3 is 12.1 Å². The number of aliphatic carboxylic acids is 1. The molecule has 1 rings (SSSR count). The number of hydrogen-bond donors (Lipinski definition) is 2. The minimum Gasteiger partial charge on any atom is -0.480 e. The van der Waals surface area contributed by atoms with Crippen LogP contribution >= 0.6 is 0 Å². The van der Waals surface area contributed by atoms with E-state index in [0.717, 1.165) is 4.90 Å². The topological polar surface area (TPSA) is 87.1 Å². The number of carbonyl (C=O) groups is 2. The number of methoxy groups -OCH3 is 1. The summed E-state index contributed by atoms with van der Waals surface area (Å²) in [4.78, 5) is 22.4. The Balaban J connectivity index is 2.90. The van der Waals surface area contributed by atoms with Crippen molar-refractivity contribution in [1.82, 2.24) is 4.90 Å². The molecule has 0 spiro atoms. The molecular weight excluding hydrogens is 190 g/mol. The summed E-state index contributed by atoms with van der Waals surface area (Å²) in [7, 11) is 1.38. The van der Waals surface area contributed by atoms with Crippen LogP contribution < -0.4 is 0 Å². The maximum absolute atomic E-state index is 10.8. The van der Waals surface area contributed by atoms with Crippen LogP contribution in [0.4, 0.5) is 4.79 Å². The number of likely N-dealkylation sites (tertiary alicyclic amines) is 1. The highest BCUT2D eigenvalue weighted by Gasteiger charge is 2.45. The molecule has 1 fully saturated rings. The third-order valence-corrected chi connectivity index (χ3v) is 2.44. The summed E-state index contributed by atoms with van der Waals surface area (Å²) in [5, 5.41) is 17.6. The van der Waals surface area contributed by atoms with E-state index in [4.69, 9.17) is 14.9 Å². The number of nitrogens with zero attached hydrogens (tertiary/aromatic N) is 1. The summed E-state index contributed by atoms with van der Waals surface area (Å²) < 4.78 is 4.96. The van der Waals surface area contributed by atoms with E-state index in [9.17, 15) is 9.59 Å². The first-order chi connectivity index (χ1) is 6.49. The second-order valence-corrected chi connectivity index (χ2v) is 3.38. The van der Waals surface area contributed by atoms with Crippen LogP contribution in [0.5, 0.6) is 0 Å². The van der Waals surface area contributed by atoms with Gasteiger partial charge in [-0.15, -0.1) is 0 Å². The Morgan fingerprint density at radius 3 is 2.36 bits per heavy atom. The van der Waals surface area contributed by atoms with Crippen LogP contribution in [0.15, 0.2) is 0 Å². The monoisotopic (exact) mass is 203 g/mol. The van der Waals surface area contributed by atoms with Gasteiger partial charge in [-0.2, -0.15) is 0 Å². The summed E-state index contributed by atoms with van der Waals surface area (Å²) in [6.45, 7) is 1.77. The largest absolute Gasteiger partial charge is 0.480 e. The van der Waals surface area contributed by atoms with Crippen molar-refractivity contribution < 1.29 is 24.5 Å². The van der Waals surface area contributed by atoms with Crippen molar-refractivity contribution in [3.63, 3.8) is 0 Å². The Bertz CT molecular complexity index is 254. The van der Waals surface area contributed by atoms with E-state index in [1.54, 1.807) is 6.92 Å². The number of rotatable bonds is 2. The smallest absolute Gasteiger partial charge is 0.410 e. The van der Waals surface area contributed by atoms with Crippen molar-refractivity contribution in [3.8, 4) is 0 Å². The van der Waals surface area contributed by atoms with E-state index in [1.165, 1.54) is 7.11 Å². The lowest BCUT2D eigenvalue weighted by Crippen LogP contribution is -2.45. The molecule has 6 nitrogen and oxygen atoms in total. The van der Waals surface area contributed by atoms with E-state index in [0.29, 0.717) is 6.42 Å². The Kier molecular flexibility index (Phi) is 2.95. The Morgan fingerprint density at radius 1 is 1.43 bits per heavy atom. The molecule has 1 unspecified atom stereocenters. The molecule has 1 heterocycles. The molecule has 14 heavy (non-hydrogen) atoms. The van der Waals surface area contributed by atoms with E-state index < -0.39 is 24.3 Å². The van der Waals surface area contributed by atoms with Gasteiger partial charge in [-0.1, -0.05) is 6.92 Å². The minimum absolute atomic E-state index is 0.0998. The summed E-state index contributed by atoms with van der Waals surface area (Å²) in [5.41, 5.74) is 0. The SMILES string of the molecule is COC1[C@@H](C)C[C@@H](C(=O)O)N1C(=O)O. The van der Waals surface area contributed by atoms with Gasteiger partial charge in [0.05, 0.1) is 0 Å². The van der Waals surface area contributed by atoms with Gasteiger partial charge in [-0.05, 0) is 6.42 Å². The number of ether oxygens (including phenoxy) is 1. The molecule has 0 aromatic rings. The molecule has 0 radical (unpaired) electrons. The fourth-order valence-corrected chi connectivity index (χ4v) is 1.84. The summed E-state index contributed by atoms with van der Waals surface area (Å²) in [5.74, 6) is -1.23. The molecule has 1 saturated heterocycles. The molecule has 80 valence electrons. The van der Waals surface area contributed by atoms with Gasteiger partial charge in [0.2, 0.25) is 0 Å². The molecule has 0 aliphatic carbocycles. The van der Waals surface area contributed by atoms with Crippen LogP contribution in [0.1, 0.15) is 13.3 Å². The molecular formula is C8H13NO5. The second-order valence-electron chi connectivity index (χ2n) is 3.38. The molecule has 1 amide bonds. The number of carboxylic acids is 1. The number of hydrogen-bond acceptors (Lipinski definition) is 3. The first-order valence-corrected chi connectivity index (χ1v) is 4.26. The molecule has 1 aliphatic heterocycles. The van der Waals surface area contributed by atoms with Crippen molar-refractivity contribution in [1.29, 1.82) is 0 Å². The minimum atomic E-state index is -1.26. The Hall–Kier alpha value is -1.30. The maximum Gasteiger partial charge on any atom is 0.410 e. The first-order valence-electron chi connectivity index (χ1n) is 4.26. The van der Waals surface area contributed by atoms with E-state index in [1.807, 2.05) is 0 Å². The molecule has 3 atom stereocenters. The third kappa shape index (κ3) is 1.65. The molecule has 1 aliphatic rings. The maximum atomic E-state index is 10.8. The Labute approximate surface area is 81.1 Å². The van der Waals surface area contributed by atoms with Crippen molar-refractivity contribution in [2.75, 3.05) is 7.11 Å². The van der Waals surface area contributed by atoms with Crippen molar-refractivity contribution >= 4 is 12.1 Å². The predicted molar refractivity (Wildman–Crippen MR) is 45.9 cm³/mol. The summed E-state index contributed by atoms with van der Waals surface area (Å²) in [6.07, 6.45) is -1.62. The van der Waals surface area contributed by atoms with Gasteiger partial charge in [0.1, 0.15) is 12.3 Å². The molecule has 6 heteroatoms. The standard InChI is InChI=1S/C8H13NO5/c1-4-3-5(7(10)11)9(8(12)13)6(4)14-2/h4-6H,3H2,1-2H3,(H,10,11)(H,12,13)/t4-,5-,6?/m0/s1. The molecule has 0 bridgehead atoms. The van der Waals surface area contributed by atoms with Crippen LogP contribution in [0, 0.1) is 5.92 Å². The van der Waals surface area contributed by atoms with E-state index >= 15 is 0 Å². The van der Waals surface area contributed by atoms with Gasteiger partial charge < -0.3 is 14.9 Å². The fourth-order valence-electron chi connectivity index (χ4n) is 1.84. The molecule has 0 aromatic heterocycles. The summed E-state index contributed by atoms with van der Waals surface area (Å²) in [6, 6.07) is -0.993. The Morgan fingerprint density at radius 2 is 2.00 bits per heavy atom. The van der Waals surface area contributed by atoms with Gasteiger partial charge in [-0.25, -0.2) is 9.59 Å². The lowest BCUT2D eigenvalue weighted by molar-refractivity contribution is -0.144. The predicted octanol–water partition coefficient (Wildman–Crippen LogP) is 0.432. The van der Waals surface area contributed by atoms with Gasteiger partial charge in [0.15, 0.2) is 0 Å². The number of carboxylic acid groups (broad SMARTS) is 2. The van der Waals surface area contributed by atoms with Crippen molar-refractivity contribution in [2.24, 2.45) is 5.92 Å². The number of amides is 1. The first kappa shape index (κ1) is 10.8.